The Morgan fingerprint density at radius 3 is 2.38 bits per heavy atom. The molecule has 4 nitrogen and oxygen atoms in total. The molecular formula is C20H19NO3. The first-order valence-corrected chi connectivity index (χ1v) is 7.95. The normalized spacial score (nSPS) is 10.8. The minimum atomic E-state index is -0.491. The second-order valence-electron chi connectivity index (χ2n) is 5.57. The highest BCUT2D eigenvalue weighted by Gasteiger charge is 2.23. The Balaban J connectivity index is 2.18. The molecule has 0 saturated heterocycles. The highest BCUT2D eigenvalue weighted by Crippen LogP contribution is 2.33. The van der Waals surface area contributed by atoms with Crippen LogP contribution >= 0.6 is 0 Å². The third kappa shape index (κ3) is 2.83. The minimum Gasteiger partial charge on any atom is -0.466 e. The summed E-state index contributed by atoms with van der Waals surface area (Å²) in [6, 6.07) is 17.5. The average Bonchev–Trinajstić information content (AvgIpc) is 2.89. The van der Waals surface area contributed by atoms with E-state index in [9.17, 15) is 9.59 Å². The molecule has 3 rings (SSSR count). The lowest BCUT2D eigenvalue weighted by Crippen LogP contribution is -2.12. The van der Waals surface area contributed by atoms with Gasteiger partial charge in [0.1, 0.15) is 6.42 Å². The van der Waals surface area contributed by atoms with Crippen LogP contribution in [-0.4, -0.2) is 22.9 Å². The van der Waals surface area contributed by atoms with E-state index in [1.807, 2.05) is 66.2 Å². The van der Waals surface area contributed by atoms with Crippen molar-refractivity contribution < 1.29 is 14.3 Å². The van der Waals surface area contributed by atoms with E-state index >= 15 is 0 Å². The van der Waals surface area contributed by atoms with Crippen molar-refractivity contribution in [2.75, 3.05) is 6.61 Å². The molecule has 0 aliphatic heterocycles. The molecule has 0 aliphatic rings. The molecule has 122 valence electrons. The van der Waals surface area contributed by atoms with Gasteiger partial charge in [-0.3, -0.25) is 9.59 Å². The van der Waals surface area contributed by atoms with Gasteiger partial charge in [0.05, 0.1) is 17.9 Å². The first kappa shape index (κ1) is 16.0. The predicted octanol–water partition coefficient (Wildman–Crippen LogP) is 3.98. The van der Waals surface area contributed by atoms with Gasteiger partial charge < -0.3 is 9.30 Å². The van der Waals surface area contributed by atoms with E-state index in [4.69, 9.17) is 4.74 Å². The van der Waals surface area contributed by atoms with Crippen molar-refractivity contribution in [3.05, 3.63) is 60.2 Å². The summed E-state index contributed by atoms with van der Waals surface area (Å²) in [5.74, 6) is -0.710. The Morgan fingerprint density at radius 2 is 1.67 bits per heavy atom. The van der Waals surface area contributed by atoms with Crippen LogP contribution in [0.3, 0.4) is 0 Å². The van der Waals surface area contributed by atoms with Crippen LogP contribution in [0.1, 0.15) is 23.7 Å². The van der Waals surface area contributed by atoms with E-state index in [0.29, 0.717) is 5.56 Å². The Hall–Kier alpha value is -2.88. The minimum absolute atomic E-state index is 0.218. The Morgan fingerprint density at radius 1 is 1.00 bits per heavy atom. The smallest absolute Gasteiger partial charge is 0.313 e. The Bertz CT molecular complexity index is 894. The maximum Gasteiger partial charge on any atom is 0.313 e. The largest absolute Gasteiger partial charge is 0.466 e. The molecule has 1 aromatic heterocycles. The molecule has 1 heterocycles. The summed E-state index contributed by atoms with van der Waals surface area (Å²) < 4.78 is 6.93. The number of carbonyl (C=O) groups is 2. The van der Waals surface area contributed by atoms with Gasteiger partial charge in [-0.25, -0.2) is 0 Å². The number of hydrogen-bond acceptors (Lipinski definition) is 3. The van der Waals surface area contributed by atoms with Crippen molar-refractivity contribution >= 4 is 22.7 Å². The maximum atomic E-state index is 12.8. The monoisotopic (exact) mass is 321 g/mol. The van der Waals surface area contributed by atoms with Crippen molar-refractivity contribution in [1.82, 2.24) is 4.57 Å². The third-order valence-corrected chi connectivity index (χ3v) is 4.04. The molecule has 0 aliphatic carbocycles. The maximum absolute atomic E-state index is 12.8. The molecule has 0 bridgehead atoms. The molecule has 0 fully saturated rings. The lowest BCUT2D eigenvalue weighted by Gasteiger charge is -2.08. The van der Waals surface area contributed by atoms with Crippen LogP contribution in [-0.2, 0) is 16.6 Å². The molecule has 3 aromatic rings. The van der Waals surface area contributed by atoms with Crippen LogP contribution in [0.15, 0.2) is 54.6 Å². The molecule has 0 amide bonds. The summed E-state index contributed by atoms with van der Waals surface area (Å²) in [5, 5.41) is 0.855. The van der Waals surface area contributed by atoms with E-state index in [0.717, 1.165) is 22.2 Å². The number of fused-ring (bicyclic) bond motifs is 1. The Labute approximate surface area is 140 Å². The van der Waals surface area contributed by atoms with Gasteiger partial charge in [0, 0.05) is 18.0 Å². The number of para-hydroxylation sites is 1. The average molecular weight is 321 g/mol. The van der Waals surface area contributed by atoms with Gasteiger partial charge in [-0.05, 0) is 18.6 Å². The number of aromatic nitrogens is 1. The molecular weight excluding hydrogens is 302 g/mol. The number of Topliss-reactive ketones (excluding diaryl/α,β-unsaturated/α-hetero) is 1. The SMILES string of the molecule is CCOC(=O)CC(=O)c1c(-c2ccccc2)n(C)c2ccccc12. The number of benzene rings is 2. The lowest BCUT2D eigenvalue weighted by atomic mass is 10.00. The standard InChI is InChI=1S/C20H19NO3/c1-3-24-18(23)13-17(22)19-15-11-7-8-12-16(15)21(2)20(19)14-9-5-4-6-10-14/h4-12H,3,13H2,1-2H3. The van der Waals surface area contributed by atoms with Crippen LogP contribution in [0.5, 0.6) is 0 Å². The Kier molecular flexibility index (Phi) is 4.47. The van der Waals surface area contributed by atoms with E-state index in [-0.39, 0.29) is 18.8 Å². The predicted molar refractivity (Wildman–Crippen MR) is 93.9 cm³/mol. The molecule has 0 atom stereocenters. The number of aryl methyl sites for hydroxylation is 1. The summed E-state index contributed by atoms with van der Waals surface area (Å²) in [6.07, 6.45) is -0.248. The first-order valence-electron chi connectivity index (χ1n) is 7.95. The van der Waals surface area contributed by atoms with Gasteiger partial charge in [-0.15, -0.1) is 0 Å². The molecule has 0 unspecified atom stereocenters. The second kappa shape index (κ2) is 6.71. The van der Waals surface area contributed by atoms with Crippen molar-refractivity contribution in [2.45, 2.75) is 13.3 Å². The van der Waals surface area contributed by atoms with E-state index in [1.54, 1.807) is 6.92 Å². The lowest BCUT2D eigenvalue weighted by molar-refractivity contribution is -0.141. The van der Waals surface area contributed by atoms with Crippen molar-refractivity contribution in [3.8, 4) is 11.3 Å². The first-order chi connectivity index (χ1) is 11.6. The molecule has 0 N–H and O–H groups in total. The van der Waals surface area contributed by atoms with Gasteiger partial charge in [0.15, 0.2) is 5.78 Å². The fraction of sp³-hybridized carbons (Fsp3) is 0.200. The number of ketones is 1. The van der Waals surface area contributed by atoms with Gasteiger partial charge in [-0.2, -0.15) is 0 Å². The van der Waals surface area contributed by atoms with Gasteiger partial charge >= 0.3 is 5.97 Å². The van der Waals surface area contributed by atoms with E-state index < -0.39 is 5.97 Å². The summed E-state index contributed by atoms with van der Waals surface area (Å²) >= 11 is 0. The van der Waals surface area contributed by atoms with Gasteiger partial charge in [0.2, 0.25) is 0 Å². The fourth-order valence-corrected chi connectivity index (χ4v) is 3.04. The van der Waals surface area contributed by atoms with Gasteiger partial charge in [0.25, 0.3) is 0 Å². The number of nitrogens with zero attached hydrogens (tertiary/aromatic N) is 1. The zero-order valence-corrected chi connectivity index (χ0v) is 13.8. The van der Waals surface area contributed by atoms with Crippen LogP contribution < -0.4 is 0 Å². The number of ether oxygens (including phenoxy) is 1. The van der Waals surface area contributed by atoms with E-state index in [2.05, 4.69) is 0 Å². The van der Waals surface area contributed by atoms with Crippen LogP contribution in [0.4, 0.5) is 0 Å². The molecule has 0 radical (unpaired) electrons. The van der Waals surface area contributed by atoms with Gasteiger partial charge in [-0.1, -0.05) is 48.5 Å². The quantitative estimate of drug-likeness (QED) is 0.406. The molecule has 0 spiro atoms. The number of rotatable bonds is 5. The molecule has 0 saturated carbocycles. The van der Waals surface area contributed by atoms with Crippen molar-refractivity contribution in [1.29, 1.82) is 0 Å². The summed E-state index contributed by atoms with van der Waals surface area (Å²) in [4.78, 5) is 24.6. The summed E-state index contributed by atoms with van der Waals surface area (Å²) in [6.45, 7) is 2.00. The fourth-order valence-electron chi connectivity index (χ4n) is 3.04. The number of esters is 1. The summed E-state index contributed by atoms with van der Waals surface area (Å²) in [7, 11) is 1.94. The third-order valence-electron chi connectivity index (χ3n) is 4.04. The van der Waals surface area contributed by atoms with Crippen molar-refractivity contribution in [3.63, 3.8) is 0 Å². The molecule has 24 heavy (non-hydrogen) atoms. The topological polar surface area (TPSA) is 48.3 Å². The van der Waals surface area contributed by atoms with Crippen LogP contribution in [0.2, 0.25) is 0 Å². The highest BCUT2D eigenvalue weighted by atomic mass is 16.5. The molecule has 4 heteroatoms. The zero-order chi connectivity index (χ0) is 17.1. The molecule has 2 aromatic carbocycles. The summed E-state index contributed by atoms with van der Waals surface area (Å²) in [5.41, 5.74) is 3.31. The van der Waals surface area contributed by atoms with Crippen molar-refractivity contribution in [2.24, 2.45) is 7.05 Å². The second-order valence-corrected chi connectivity index (χ2v) is 5.57. The van der Waals surface area contributed by atoms with Crippen LogP contribution in [0, 0.1) is 0 Å². The van der Waals surface area contributed by atoms with Crippen LogP contribution in [0.25, 0.3) is 22.2 Å². The highest BCUT2D eigenvalue weighted by molar-refractivity contribution is 6.17. The van der Waals surface area contributed by atoms with E-state index in [1.165, 1.54) is 0 Å². The zero-order valence-electron chi connectivity index (χ0n) is 13.8. The number of hydrogen-bond donors (Lipinski definition) is 0. The number of carbonyl (C=O) groups excluding carboxylic acids is 2.